The number of halogens is 1. The van der Waals surface area contributed by atoms with Crippen molar-refractivity contribution in [1.29, 1.82) is 0 Å². The Labute approximate surface area is 160 Å². The van der Waals surface area contributed by atoms with Crippen LogP contribution in [-0.2, 0) is 16.6 Å². The largest absolute Gasteiger partial charge is 0.268 e. The SMILES string of the molecule is Cc1ccc(S(=O)(=O)NCCn2nc(-c3ccc(Cl)cc3)ccc2=O)s1. The lowest BCUT2D eigenvalue weighted by atomic mass is 10.1. The summed E-state index contributed by atoms with van der Waals surface area (Å²) in [5.74, 6) is 0. The van der Waals surface area contributed by atoms with Crippen LogP contribution in [-0.4, -0.2) is 24.7 Å². The highest BCUT2D eigenvalue weighted by Gasteiger charge is 2.15. The summed E-state index contributed by atoms with van der Waals surface area (Å²) in [6.07, 6.45) is 0. The number of thiophene rings is 1. The summed E-state index contributed by atoms with van der Waals surface area (Å²) < 4.78 is 28.4. The van der Waals surface area contributed by atoms with Crippen LogP contribution < -0.4 is 10.3 Å². The van der Waals surface area contributed by atoms with Gasteiger partial charge in [0, 0.05) is 28.1 Å². The molecule has 2 aromatic heterocycles. The van der Waals surface area contributed by atoms with E-state index < -0.39 is 10.0 Å². The normalized spacial score (nSPS) is 11.6. The zero-order valence-corrected chi connectivity index (χ0v) is 16.2. The first-order valence-electron chi connectivity index (χ1n) is 7.75. The van der Waals surface area contributed by atoms with Crippen LogP contribution in [0.2, 0.25) is 5.02 Å². The smallest absolute Gasteiger partial charge is 0.266 e. The lowest BCUT2D eigenvalue weighted by molar-refractivity contribution is 0.550. The van der Waals surface area contributed by atoms with Gasteiger partial charge in [-0.05, 0) is 37.3 Å². The Morgan fingerprint density at radius 1 is 1.12 bits per heavy atom. The van der Waals surface area contributed by atoms with Crippen molar-refractivity contribution in [2.24, 2.45) is 0 Å². The van der Waals surface area contributed by atoms with Crippen molar-refractivity contribution >= 4 is 33.0 Å². The number of rotatable bonds is 6. The number of nitrogens with one attached hydrogen (secondary N) is 1. The number of aryl methyl sites for hydroxylation is 1. The second kappa shape index (κ2) is 7.71. The van der Waals surface area contributed by atoms with E-state index in [-0.39, 0.29) is 22.9 Å². The predicted octanol–water partition coefficient (Wildman–Crippen LogP) is 2.91. The van der Waals surface area contributed by atoms with E-state index in [9.17, 15) is 13.2 Å². The minimum Gasteiger partial charge on any atom is -0.268 e. The molecule has 0 aliphatic heterocycles. The van der Waals surface area contributed by atoms with E-state index >= 15 is 0 Å². The third kappa shape index (κ3) is 4.39. The summed E-state index contributed by atoms with van der Waals surface area (Å²) in [7, 11) is -3.58. The number of sulfonamides is 1. The molecular formula is C17H16ClN3O3S2. The van der Waals surface area contributed by atoms with Crippen LogP contribution in [0, 0.1) is 6.92 Å². The van der Waals surface area contributed by atoms with E-state index in [1.165, 1.54) is 22.1 Å². The lowest BCUT2D eigenvalue weighted by Crippen LogP contribution is -2.31. The summed E-state index contributed by atoms with van der Waals surface area (Å²) in [5, 5.41) is 4.91. The van der Waals surface area contributed by atoms with Crippen LogP contribution in [0.5, 0.6) is 0 Å². The van der Waals surface area contributed by atoms with Gasteiger partial charge in [0.1, 0.15) is 4.21 Å². The third-order valence-electron chi connectivity index (χ3n) is 3.60. The van der Waals surface area contributed by atoms with Crippen LogP contribution in [0.25, 0.3) is 11.3 Å². The van der Waals surface area contributed by atoms with Crippen LogP contribution >= 0.6 is 22.9 Å². The molecule has 1 aromatic carbocycles. The number of aromatic nitrogens is 2. The Morgan fingerprint density at radius 3 is 2.50 bits per heavy atom. The van der Waals surface area contributed by atoms with Crippen molar-refractivity contribution in [3.05, 3.63) is 68.8 Å². The van der Waals surface area contributed by atoms with Gasteiger partial charge in [0.15, 0.2) is 0 Å². The van der Waals surface area contributed by atoms with Gasteiger partial charge in [-0.2, -0.15) is 5.10 Å². The van der Waals surface area contributed by atoms with Crippen molar-refractivity contribution in [2.75, 3.05) is 6.54 Å². The first kappa shape index (κ1) is 18.8. The fraction of sp³-hybridized carbons (Fsp3) is 0.176. The van der Waals surface area contributed by atoms with Crippen LogP contribution in [0.15, 0.2) is 57.5 Å². The molecule has 3 rings (SSSR count). The molecule has 0 aliphatic carbocycles. The van der Waals surface area contributed by atoms with Crippen molar-refractivity contribution in [2.45, 2.75) is 17.7 Å². The Morgan fingerprint density at radius 2 is 1.85 bits per heavy atom. The molecule has 2 heterocycles. The van der Waals surface area contributed by atoms with Crippen molar-refractivity contribution in [3.8, 4) is 11.3 Å². The molecule has 0 bridgehead atoms. The number of hydrogen-bond acceptors (Lipinski definition) is 5. The number of benzene rings is 1. The first-order valence-corrected chi connectivity index (χ1v) is 10.4. The molecular weight excluding hydrogens is 394 g/mol. The monoisotopic (exact) mass is 409 g/mol. The van der Waals surface area contributed by atoms with Crippen molar-refractivity contribution in [3.63, 3.8) is 0 Å². The minimum absolute atomic E-state index is 0.0657. The molecule has 3 aromatic rings. The standard InChI is InChI=1S/C17H16ClN3O3S2/c1-12-2-9-17(25-12)26(23,24)19-10-11-21-16(22)8-7-15(20-21)13-3-5-14(18)6-4-13/h2-9,19H,10-11H2,1H3. The fourth-order valence-corrected chi connectivity index (χ4v) is 4.77. The molecule has 6 nitrogen and oxygen atoms in total. The molecule has 0 saturated carbocycles. The fourth-order valence-electron chi connectivity index (χ4n) is 2.30. The molecule has 26 heavy (non-hydrogen) atoms. The van der Waals surface area contributed by atoms with E-state index in [0.29, 0.717) is 10.7 Å². The molecule has 9 heteroatoms. The van der Waals surface area contributed by atoms with Gasteiger partial charge in [-0.3, -0.25) is 4.79 Å². The Balaban J connectivity index is 1.73. The van der Waals surface area contributed by atoms with Gasteiger partial charge in [-0.25, -0.2) is 17.8 Å². The first-order chi connectivity index (χ1) is 12.3. The van der Waals surface area contributed by atoms with E-state index in [1.54, 1.807) is 42.5 Å². The molecule has 1 N–H and O–H groups in total. The summed E-state index contributed by atoms with van der Waals surface area (Å²) in [5.41, 5.74) is 1.13. The van der Waals surface area contributed by atoms with Gasteiger partial charge in [0.2, 0.25) is 10.0 Å². The highest BCUT2D eigenvalue weighted by molar-refractivity contribution is 7.91. The predicted molar refractivity (Wildman–Crippen MR) is 103 cm³/mol. The average Bonchev–Trinajstić information content (AvgIpc) is 3.05. The van der Waals surface area contributed by atoms with Gasteiger partial charge in [-0.15, -0.1) is 11.3 Å². The third-order valence-corrected chi connectivity index (χ3v) is 6.81. The van der Waals surface area contributed by atoms with E-state index in [2.05, 4.69) is 9.82 Å². The zero-order chi connectivity index (χ0) is 18.7. The Bertz CT molecular complexity index is 1070. The van der Waals surface area contributed by atoms with Crippen molar-refractivity contribution in [1.82, 2.24) is 14.5 Å². The molecule has 0 spiro atoms. The van der Waals surface area contributed by atoms with Crippen LogP contribution in [0.3, 0.4) is 0 Å². The van der Waals surface area contributed by atoms with E-state index in [0.717, 1.165) is 10.4 Å². The maximum absolute atomic E-state index is 12.2. The summed E-state index contributed by atoms with van der Waals surface area (Å²) in [6.45, 7) is 2.04. The van der Waals surface area contributed by atoms with Gasteiger partial charge < -0.3 is 0 Å². The van der Waals surface area contributed by atoms with E-state index in [4.69, 9.17) is 11.6 Å². The quantitative estimate of drug-likeness (QED) is 0.678. The molecule has 0 fully saturated rings. The molecule has 0 atom stereocenters. The summed E-state index contributed by atoms with van der Waals surface area (Å²) in [6, 6.07) is 13.4. The molecule has 0 aliphatic rings. The maximum atomic E-state index is 12.2. The van der Waals surface area contributed by atoms with Crippen LogP contribution in [0.4, 0.5) is 0 Å². The van der Waals surface area contributed by atoms with E-state index in [1.807, 2.05) is 6.92 Å². The minimum atomic E-state index is -3.58. The molecule has 0 saturated heterocycles. The highest BCUT2D eigenvalue weighted by atomic mass is 35.5. The van der Waals surface area contributed by atoms with Gasteiger partial charge in [0.25, 0.3) is 5.56 Å². The van der Waals surface area contributed by atoms with Crippen molar-refractivity contribution < 1.29 is 8.42 Å². The average molecular weight is 410 g/mol. The zero-order valence-electron chi connectivity index (χ0n) is 13.8. The lowest BCUT2D eigenvalue weighted by Gasteiger charge is -2.08. The Hall–Kier alpha value is -2.00. The molecule has 136 valence electrons. The topological polar surface area (TPSA) is 81.1 Å². The second-order valence-electron chi connectivity index (χ2n) is 5.55. The summed E-state index contributed by atoms with van der Waals surface area (Å²) >= 11 is 7.08. The second-order valence-corrected chi connectivity index (χ2v) is 9.27. The Kier molecular flexibility index (Phi) is 5.57. The van der Waals surface area contributed by atoms with Gasteiger partial charge >= 0.3 is 0 Å². The molecule has 0 unspecified atom stereocenters. The maximum Gasteiger partial charge on any atom is 0.266 e. The molecule has 0 amide bonds. The number of hydrogen-bond donors (Lipinski definition) is 1. The summed E-state index contributed by atoms with van der Waals surface area (Å²) in [4.78, 5) is 12.9. The highest BCUT2D eigenvalue weighted by Crippen LogP contribution is 2.20. The molecule has 0 radical (unpaired) electrons. The van der Waals surface area contributed by atoms with Crippen LogP contribution in [0.1, 0.15) is 4.88 Å². The van der Waals surface area contributed by atoms with Gasteiger partial charge in [-0.1, -0.05) is 23.7 Å². The van der Waals surface area contributed by atoms with Gasteiger partial charge in [0.05, 0.1) is 12.2 Å². The number of nitrogens with zero attached hydrogens (tertiary/aromatic N) is 2.